The maximum Gasteiger partial charge on any atom is 0.332 e. The zero-order valence-electron chi connectivity index (χ0n) is 25.8. The number of carbonyl (C=O) groups is 5. The molecule has 244 valence electrons. The molecule has 14 nitrogen and oxygen atoms in total. The summed E-state index contributed by atoms with van der Waals surface area (Å²) in [6.07, 6.45) is -0.788. The molecule has 0 aliphatic carbocycles. The van der Waals surface area contributed by atoms with E-state index in [9.17, 15) is 24.0 Å². The SMILES string of the molecule is COc1ccnc(C(=O)NC2COC(=O)C(Cc3ccccc3)C(OC(=O)C(C)C)C(C)OC2=O)c1OCOCCOC(C)=O. The van der Waals surface area contributed by atoms with Gasteiger partial charge in [0, 0.05) is 19.2 Å². The molecule has 45 heavy (non-hydrogen) atoms. The van der Waals surface area contributed by atoms with Crippen LogP contribution in [0.25, 0.3) is 0 Å². The van der Waals surface area contributed by atoms with E-state index in [-0.39, 0.29) is 43.6 Å². The summed E-state index contributed by atoms with van der Waals surface area (Å²) in [5, 5.41) is 2.48. The van der Waals surface area contributed by atoms with Gasteiger partial charge in [-0.05, 0) is 18.9 Å². The highest BCUT2D eigenvalue weighted by Gasteiger charge is 2.42. The van der Waals surface area contributed by atoms with Crippen molar-refractivity contribution in [2.24, 2.45) is 11.8 Å². The van der Waals surface area contributed by atoms with Crippen molar-refractivity contribution in [1.82, 2.24) is 10.3 Å². The first kappa shape index (κ1) is 34.8. The highest BCUT2D eigenvalue weighted by Crippen LogP contribution is 2.30. The minimum absolute atomic E-state index is 0.000872. The number of nitrogens with one attached hydrogen (secondary N) is 1. The van der Waals surface area contributed by atoms with Gasteiger partial charge < -0.3 is 38.5 Å². The number of cyclic esters (lactones) is 2. The molecule has 2 heterocycles. The second-order valence-corrected chi connectivity index (χ2v) is 10.4. The van der Waals surface area contributed by atoms with E-state index in [0.29, 0.717) is 0 Å². The Labute approximate surface area is 260 Å². The third-order valence-corrected chi connectivity index (χ3v) is 6.59. The van der Waals surface area contributed by atoms with Crippen molar-refractivity contribution in [3.8, 4) is 11.5 Å². The number of amides is 1. The lowest BCUT2D eigenvalue weighted by Gasteiger charge is -2.29. The number of hydrogen-bond donors (Lipinski definition) is 1. The number of rotatable bonds is 13. The Bertz CT molecular complexity index is 1330. The number of hydrogen-bond acceptors (Lipinski definition) is 13. The standard InChI is InChI=1S/C31H38N2O12/c1-18(2)29(36)45-26-19(3)44-31(38)23(16-42-30(37)22(26)15-21-9-7-6-8-10-21)33-28(35)25-27(24(39-5)11-12-32-25)43-17-40-13-14-41-20(4)34/h6-12,18-19,22-23,26H,13-17H2,1-5H3,(H,33,35). The topological polar surface area (TPSA) is 175 Å². The lowest BCUT2D eigenvalue weighted by atomic mass is 9.91. The van der Waals surface area contributed by atoms with Crippen LogP contribution in [0.4, 0.5) is 0 Å². The van der Waals surface area contributed by atoms with Gasteiger partial charge in [-0.25, -0.2) is 9.78 Å². The Morgan fingerprint density at radius 2 is 1.80 bits per heavy atom. The predicted octanol–water partition coefficient (Wildman–Crippen LogP) is 2.02. The molecular formula is C31H38N2O12. The summed E-state index contributed by atoms with van der Waals surface area (Å²) in [4.78, 5) is 67.6. The van der Waals surface area contributed by atoms with E-state index in [1.807, 2.05) is 18.2 Å². The number of ether oxygens (including phenoxy) is 7. The minimum Gasteiger partial charge on any atom is -0.493 e. The fourth-order valence-electron chi connectivity index (χ4n) is 4.27. The van der Waals surface area contributed by atoms with E-state index in [4.69, 9.17) is 33.2 Å². The largest absolute Gasteiger partial charge is 0.493 e. The van der Waals surface area contributed by atoms with Gasteiger partial charge >= 0.3 is 23.9 Å². The summed E-state index contributed by atoms with van der Waals surface area (Å²) in [6, 6.07) is 9.07. The first-order chi connectivity index (χ1) is 21.5. The Morgan fingerprint density at radius 1 is 1.07 bits per heavy atom. The summed E-state index contributed by atoms with van der Waals surface area (Å²) in [5.41, 5.74) is 0.523. The summed E-state index contributed by atoms with van der Waals surface area (Å²) in [6.45, 7) is 5.17. The Hall–Kier alpha value is -4.72. The molecule has 1 aromatic carbocycles. The molecule has 14 heteroatoms. The number of carbonyl (C=O) groups excluding carboxylic acids is 5. The Morgan fingerprint density at radius 3 is 2.47 bits per heavy atom. The number of aromatic nitrogens is 1. The summed E-state index contributed by atoms with van der Waals surface area (Å²) < 4.78 is 37.7. The number of benzene rings is 1. The number of pyridine rings is 1. The number of esters is 4. The van der Waals surface area contributed by atoms with Crippen molar-refractivity contribution in [2.75, 3.05) is 33.7 Å². The lowest BCUT2D eigenvalue weighted by molar-refractivity contribution is -0.176. The average Bonchev–Trinajstić information content (AvgIpc) is 3.04. The third-order valence-electron chi connectivity index (χ3n) is 6.59. The summed E-state index contributed by atoms with van der Waals surface area (Å²) in [5.74, 6) is -5.02. The first-order valence-electron chi connectivity index (χ1n) is 14.3. The fraction of sp³-hybridized carbons (Fsp3) is 0.484. The van der Waals surface area contributed by atoms with Crippen LogP contribution in [0.3, 0.4) is 0 Å². The van der Waals surface area contributed by atoms with Crippen LogP contribution in [-0.4, -0.2) is 86.7 Å². The summed E-state index contributed by atoms with van der Waals surface area (Å²) >= 11 is 0. The maximum absolute atomic E-state index is 13.4. The highest BCUT2D eigenvalue weighted by molar-refractivity contribution is 5.98. The predicted molar refractivity (Wildman–Crippen MR) is 155 cm³/mol. The maximum atomic E-state index is 13.4. The second-order valence-electron chi connectivity index (χ2n) is 10.4. The summed E-state index contributed by atoms with van der Waals surface area (Å²) in [7, 11) is 1.36. The van der Waals surface area contributed by atoms with E-state index in [1.165, 1.54) is 33.2 Å². The van der Waals surface area contributed by atoms with Crippen molar-refractivity contribution in [1.29, 1.82) is 0 Å². The van der Waals surface area contributed by atoms with Crippen LogP contribution in [-0.2, 0) is 49.3 Å². The van der Waals surface area contributed by atoms with Crippen molar-refractivity contribution >= 4 is 29.8 Å². The Kier molecular flexibility index (Phi) is 13.1. The van der Waals surface area contributed by atoms with Crippen LogP contribution in [0.1, 0.15) is 43.7 Å². The quantitative estimate of drug-likeness (QED) is 0.147. The minimum atomic E-state index is -1.44. The van der Waals surface area contributed by atoms with Crippen LogP contribution in [0.5, 0.6) is 11.5 Å². The molecule has 0 radical (unpaired) electrons. The van der Waals surface area contributed by atoms with Crippen molar-refractivity contribution in [3.05, 3.63) is 53.9 Å². The molecule has 1 N–H and O–H groups in total. The molecule has 1 aliphatic rings. The first-order valence-corrected chi connectivity index (χ1v) is 14.3. The van der Waals surface area contributed by atoms with E-state index >= 15 is 0 Å². The van der Waals surface area contributed by atoms with Crippen LogP contribution in [0.15, 0.2) is 42.6 Å². The molecule has 4 unspecified atom stereocenters. The van der Waals surface area contributed by atoms with Crippen LogP contribution < -0.4 is 14.8 Å². The van der Waals surface area contributed by atoms with Gasteiger partial charge in [-0.15, -0.1) is 0 Å². The Balaban J connectivity index is 1.80. The van der Waals surface area contributed by atoms with Crippen LogP contribution in [0, 0.1) is 11.8 Å². The van der Waals surface area contributed by atoms with Gasteiger partial charge in [-0.1, -0.05) is 44.2 Å². The van der Waals surface area contributed by atoms with Gasteiger partial charge in [-0.3, -0.25) is 19.2 Å². The van der Waals surface area contributed by atoms with Crippen molar-refractivity contribution < 1.29 is 57.1 Å². The molecule has 1 aromatic heterocycles. The van der Waals surface area contributed by atoms with E-state index < -0.39 is 66.5 Å². The molecule has 1 aliphatic heterocycles. The zero-order valence-corrected chi connectivity index (χ0v) is 25.8. The second kappa shape index (κ2) is 16.9. The molecule has 0 spiro atoms. The molecule has 2 aromatic rings. The van der Waals surface area contributed by atoms with E-state index in [1.54, 1.807) is 26.0 Å². The normalized spacial score (nSPS) is 20.0. The molecule has 1 saturated heterocycles. The van der Waals surface area contributed by atoms with Gasteiger partial charge in [0.2, 0.25) is 0 Å². The van der Waals surface area contributed by atoms with Crippen molar-refractivity contribution in [2.45, 2.75) is 52.4 Å². The molecular weight excluding hydrogens is 592 g/mol. The molecule has 1 fully saturated rings. The van der Waals surface area contributed by atoms with Gasteiger partial charge in [0.15, 0.2) is 36.1 Å². The van der Waals surface area contributed by atoms with Crippen LogP contribution >= 0.6 is 0 Å². The molecule has 0 bridgehead atoms. The molecule has 0 saturated carbocycles. The number of nitrogens with zero attached hydrogens (tertiary/aromatic N) is 1. The van der Waals surface area contributed by atoms with Crippen LogP contribution in [0.2, 0.25) is 0 Å². The fourth-order valence-corrected chi connectivity index (χ4v) is 4.27. The van der Waals surface area contributed by atoms with Gasteiger partial charge in [0.1, 0.15) is 25.2 Å². The average molecular weight is 631 g/mol. The van der Waals surface area contributed by atoms with Gasteiger partial charge in [0.25, 0.3) is 5.91 Å². The van der Waals surface area contributed by atoms with Gasteiger partial charge in [-0.2, -0.15) is 0 Å². The smallest absolute Gasteiger partial charge is 0.332 e. The van der Waals surface area contributed by atoms with Gasteiger partial charge in [0.05, 0.1) is 19.6 Å². The lowest BCUT2D eigenvalue weighted by Crippen LogP contribution is -2.47. The zero-order chi connectivity index (χ0) is 32.9. The highest BCUT2D eigenvalue weighted by atomic mass is 16.7. The van der Waals surface area contributed by atoms with E-state index in [2.05, 4.69) is 10.3 Å². The molecule has 3 rings (SSSR count). The molecule has 4 atom stereocenters. The molecule has 1 amide bonds. The van der Waals surface area contributed by atoms with E-state index in [0.717, 1.165) is 5.56 Å². The monoisotopic (exact) mass is 630 g/mol. The number of methoxy groups -OCH3 is 1. The third kappa shape index (κ3) is 10.2. The van der Waals surface area contributed by atoms with Crippen molar-refractivity contribution in [3.63, 3.8) is 0 Å².